The molecule has 6 heteroatoms. The first-order valence-electron chi connectivity index (χ1n) is 14.0. The van der Waals surface area contributed by atoms with E-state index in [0.29, 0.717) is 18.6 Å². The van der Waals surface area contributed by atoms with Crippen molar-refractivity contribution in [2.75, 3.05) is 5.75 Å². The average Bonchev–Trinajstić information content (AvgIpc) is 2.82. The predicted molar refractivity (Wildman–Crippen MR) is 153 cm³/mol. The van der Waals surface area contributed by atoms with Gasteiger partial charge in [0.1, 0.15) is 6.04 Å². The monoisotopic (exact) mass is 515 g/mol. The number of amides is 1. The minimum atomic E-state index is -0.966. The molecule has 1 atom stereocenters. The van der Waals surface area contributed by atoms with Gasteiger partial charge in [0, 0.05) is 12.2 Å². The average molecular weight is 516 g/mol. The highest BCUT2D eigenvalue weighted by Gasteiger charge is 2.18. The van der Waals surface area contributed by atoms with Gasteiger partial charge in [-0.2, -0.15) is 0 Å². The highest BCUT2D eigenvalue weighted by atomic mass is 33.1. The maximum Gasteiger partial charge on any atom is 0.326 e. The first kappa shape index (κ1) is 33.4. The van der Waals surface area contributed by atoms with E-state index in [-0.39, 0.29) is 5.91 Å². The van der Waals surface area contributed by atoms with Crippen LogP contribution in [0.3, 0.4) is 0 Å². The van der Waals surface area contributed by atoms with Crippen LogP contribution in [0.15, 0.2) is 12.2 Å². The molecule has 0 aliphatic rings. The lowest BCUT2D eigenvalue weighted by Gasteiger charge is -2.13. The van der Waals surface area contributed by atoms with Gasteiger partial charge in [-0.15, -0.1) is 11.7 Å². The second-order valence-corrected chi connectivity index (χ2v) is 11.0. The van der Waals surface area contributed by atoms with Crippen molar-refractivity contribution < 1.29 is 14.7 Å². The van der Waals surface area contributed by atoms with Gasteiger partial charge >= 0.3 is 5.97 Å². The van der Waals surface area contributed by atoms with Gasteiger partial charge in [-0.3, -0.25) is 4.79 Å². The summed E-state index contributed by atoms with van der Waals surface area (Å²) in [6.07, 6.45) is 30.1. The van der Waals surface area contributed by atoms with Crippen molar-refractivity contribution in [1.29, 1.82) is 0 Å². The molecule has 0 spiro atoms. The number of hydrogen-bond acceptors (Lipinski definition) is 4. The lowest BCUT2D eigenvalue weighted by Crippen LogP contribution is -2.41. The summed E-state index contributed by atoms with van der Waals surface area (Å²) >= 11 is 4.02. The van der Waals surface area contributed by atoms with Crippen LogP contribution < -0.4 is 5.32 Å². The van der Waals surface area contributed by atoms with Gasteiger partial charge in [-0.05, 0) is 38.5 Å². The normalized spacial score (nSPS) is 12.3. The molecule has 0 fully saturated rings. The third kappa shape index (κ3) is 24.5. The summed E-state index contributed by atoms with van der Waals surface area (Å²) in [5.74, 6) is -0.506. The molecular weight excluding hydrogens is 462 g/mol. The molecule has 2 N–H and O–H groups in total. The summed E-state index contributed by atoms with van der Waals surface area (Å²) in [4.78, 5) is 23.1. The Morgan fingerprint density at radius 3 is 1.65 bits per heavy atom. The topological polar surface area (TPSA) is 66.4 Å². The maximum atomic E-state index is 11.9. The molecule has 34 heavy (non-hydrogen) atoms. The van der Waals surface area contributed by atoms with Crippen molar-refractivity contribution in [1.82, 2.24) is 5.32 Å². The minimum Gasteiger partial charge on any atom is -0.480 e. The van der Waals surface area contributed by atoms with E-state index in [9.17, 15) is 9.59 Å². The molecule has 4 nitrogen and oxygen atoms in total. The Morgan fingerprint density at radius 1 is 0.765 bits per heavy atom. The summed E-state index contributed by atoms with van der Waals surface area (Å²) in [6, 6.07) is -0.793. The van der Waals surface area contributed by atoms with Gasteiger partial charge in [0.2, 0.25) is 5.91 Å². The molecule has 0 aliphatic carbocycles. The first-order chi connectivity index (χ1) is 16.6. The molecule has 0 heterocycles. The molecule has 0 aromatic rings. The van der Waals surface area contributed by atoms with Gasteiger partial charge in [0.25, 0.3) is 0 Å². The van der Waals surface area contributed by atoms with Crippen molar-refractivity contribution in [3.8, 4) is 0 Å². The van der Waals surface area contributed by atoms with Gasteiger partial charge in [0.15, 0.2) is 0 Å². The van der Waals surface area contributed by atoms with Crippen LogP contribution in [0.5, 0.6) is 0 Å². The second-order valence-electron chi connectivity index (χ2n) is 9.54. The van der Waals surface area contributed by atoms with Crippen LogP contribution in [0.25, 0.3) is 0 Å². The number of carbonyl (C=O) groups is 2. The molecule has 0 aliphatic heterocycles. The van der Waals surface area contributed by atoms with E-state index in [1.54, 1.807) is 0 Å². The minimum absolute atomic E-state index is 0.148. The number of rotatable bonds is 26. The van der Waals surface area contributed by atoms with E-state index in [4.69, 9.17) is 5.11 Å². The molecule has 0 saturated heterocycles. The lowest BCUT2D eigenvalue weighted by molar-refractivity contribution is -0.141. The van der Waals surface area contributed by atoms with E-state index in [1.807, 2.05) is 0 Å². The Balaban J connectivity index is 3.34. The highest BCUT2D eigenvalue weighted by molar-refractivity contribution is 8.68. The molecule has 0 saturated carbocycles. The Hall–Kier alpha value is -0.620. The Bertz CT molecular complexity index is 500. The van der Waals surface area contributed by atoms with E-state index >= 15 is 0 Å². The number of aliphatic carboxylic acids is 1. The van der Waals surface area contributed by atoms with E-state index < -0.39 is 12.0 Å². The Kier molecular flexibility index (Phi) is 26.5. The molecule has 1 amide bonds. The largest absolute Gasteiger partial charge is 0.480 e. The van der Waals surface area contributed by atoms with Crippen LogP contribution in [0.4, 0.5) is 0 Å². The summed E-state index contributed by atoms with van der Waals surface area (Å²) in [7, 11) is 1.29. The summed E-state index contributed by atoms with van der Waals surface area (Å²) in [5, 5.41) is 11.8. The standard InChI is InChI=1S/C28H53NO3S2/c1-2-3-4-5-6-7-8-9-10-11-12-13-14-15-16-17-18-19-20-21-22-23-27(30)29-26(28(31)32)24-25-34-33/h9-10,26,33H,2-8,11-25H2,1H3,(H,29,30)(H,31,32)/b10-9-. The second kappa shape index (κ2) is 27.0. The SMILES string of the molecule is CCCCCCCC/C=C\CCCCCCCCCCCCCC(=O)NC(CCSS)C(=O)O. The molecule has 0 radical (unpaired) electrons. The quantitative estimate of drug-likeness (QED) is 0.0465. The molecule has 200 valence electrons. The fourth-order valence-electron chi connectivity index (χ4n) is 4.11. The molecule has 0 aromatic heterocycles. The molecule has 0 aromatic carbocycles. The number of nitrogens with one attached hydrogen (secondary N) is 1. The Morgan fingerprint density at radius 2 is 1.21 bits per heavy atom. The smallest absolute Gasteiger partial charge is 0.326 e. The predicted octanol–water partition coefficient (Wildman–Crippen LogP) is 8.90. The maximum absolute atomic E-state index is 11.9. The third-order valence-corrected chi connectivity index (χ3v) is 7.26. The van der Waals surface area contributed by atoms with Crippen LogP contribution in [-0.4, -0.2) is 28.8 Å². The third-order valence-electron chi connectivity index (χ3n) is 6.30. The number of unbranched alkanes of at least 4 members (excludes halogenated alkanes) is 17. The van der Waals surface area contributed by atoms with Crippen LogP contribution >= 0.6 is 22.5 Å². The fourth-order valence-corrected chi connectivity index (χ4v) is 4.77. The number of carbonyl (C=O) groups excluding carboxylic acids is 1. The molecular formula is C28H53NO3S2. The van der Waals surface area contributed by atoms with Crippen LogP contribution in [0.1, 0.15) is 142 Å². The first-order valence-corrected chi connectivity index (χ1v) is 16.1. The highest BCUT2D eigenvalue weighted by Crippen LogP contribution is 2.14. The number of thiol groups is 1. The van der Waals surface area contributed by atoms with Crippen molar-refractivity contribution in [3.05, 3.63) is 12.2 Å². The number of carboxylic acid groups (broad SMARTS) is 1. The van der Waals surface area contributed by atoms with Crippen molar-refractivity contribution in [3.63, 3.8) is 0 Å². The Labute approximate surface area is 219 Å². The van der Waals surface area contributed by atoms with Crippen LogP contribution in [-0.2, 0) is 9.59 Å². The van der Waals surface area contributed by atoms with Gasteiger partial charge in [0.05, 0.1) is 0 Å². The zero-order valence-corrected chi connectivity index (χ0v) is 23.6. The van der Waals surface area contributed by atoms with E-state index in [0.717, 1.165) is 19.3 Å². The van der Waals surface area contributed by atoms with Crippen LogP contribution in [0, 0.1) is 0 Å². The number of allylic oxidation sites excluding steroid dienone is 2. The summed E-state index contributed by atoms with van der Waals surface area (Å²) in [6.45, 7) is 2.27. The van der Waals surface area contributed by atoms with Gasteiger partial charge in [-0.25, -0.2) is 4.79 Å². The van der Waals surface area contributed by atoms with Crippen molar-refractivity contribution in [2.45, 2.75) is 148 Å². The van der Waals surface area contributed by atoms with E-state index in [1.165, 1.54) is 114 Å². The molecule has 1 unspecified atom stereocenters. The van der Waals surface area contributed by atoms with Crippen LogP contribution in [0.2, 0.25) is 0 Å². The number of carboxylic acids is 1. The van der Waals surface area contributed by atoms with Gasteiger partial charge < -0.3 is 10.4 Å². The molecule has 0 bridgehead atoms. The number of hydrogen-bond donors (Lipinski definition) is 3. The zero-order chi connectivity index (χ0) is 25.1. The van der Waals surface area contributed by atoms with Crippen molar-refractivity contribution in [2.24, 2.45) is 0 Å². The lowest BCUT2D eigenvalue weighted by atomic mass is 10.0. The van der Waals surface area contributed by atoms with Gasteiger partial charge in [-0.1, -0.05) is 120 Å². The zero-order valence-electron chi connectivity index (χ0n) is 21.9. The summed E-state index contributed by atoms with van der Waals surface area (Å²) < 4.78 is 0. The van der Waals surface area contributed by atoms with Crippen molar-refractivity contribution >= 4 is 34.3 Å². The van der Waals surface area contributed by atoms with E-state index in [2.05, 4.69) is 36.1 Å². The summed E-state index contributed by atoms with van der Waals surface area (Å²) in [5.41, 5.74) is 0. The molecule has 0 rings (SSSR count). The fraction of sp³-hybridized carbons (Fsp3) is 0.857.